The van der Waals surface area contributed by atoms with Crippen LogP contribution in [0.2, 0.25) is 10.0 Å². The number of benzene rings is 2. The standard InChI is InChI=1S/C16H12Cl2N2/c1-10-9-15(11-5-2-3-7-13(11)19-10)20-14-8-4-6-12(17)16(14)18/h2-9H,1H3,(H,19,20). The average Bonchev–Trinajstić information content (AvgIpc) is 2.43. The van der Waals surface area contributed by atoms with Crippen molar-refractivity contribution in [2.45, 2.75) is 6.92 Å². The molecule has 0 unspecified atom stereocenters. The summed E-state index contributed by atoms with van der Waals surface area (Å²) in [6.07, 6.45) is 0. The number of nitrogens with one attached hydrogen (secondary N) is 1. The maximum Gasteiger partial charge on any atom is 0.0827 e. The molecule has 100 valence electrons. The molecule has 0 aliphatic heterocycles. The summed E-state index contributed by atoms with van der Waals surface area (Å²) in [6.45, 7) is 1.97. The molecule has 20 heavy (non-hydrogen) atoms. The molecule has 3 aromatic rings. The number of pyridine rings is 1. The molecular weight excluding hydrogens is 291 g/mol. The van der Waals surface area contributed by atoms with Gasteiger partial charge in [-0.15, -0.1) is 0 Å². The van der Waals surface area contributed by atoms with Gasteiger partial charge in [0.25, 0.3) is 0 Å². The highest BCUT2D eigenvalue weighted by Crippen LogP contribution is 2.33. The van der Waals surface area contributed by atoms with Gasteiger partial charge >= 0.3 is 0 Å². The van der Waals surface area contributed by atoms with Gasteiger partial charge in [-0.2, -0.15) is 0 Å². The van der Waals surface area contributed by atoms with E-state index >= 15 is 0 Å². The van der Waals surface area contributed by atoms with Gasteiger partial charge in [0.05, 0.1) is 21.2 Å². The number of fused-ring (bicyclic) bond motifs is 1. The zero-order valence-electron chi connectivity index (χ0n) is 10.8. The van der Waals surface area contributed by atoms with E-state index in [9.17, 15) is 0 Å². The summed E-state index contributed by atoms with van der Waals surface area (Å²) in [4.78, 5) is 4.52. The van der Waals surface area contributed by atoms with Crippen molar-refractivity contribution in [3.05, 3.63) is 64.3 Å². The molecule has 4 heteroatoms. The molecule has 0 saturated carbocycles. The molecule has 0 aliphatic carbocycles. The topological polar surface area (TPSA) is 24.9 Å². The van der Waals surface area contributed by atoms with Crippen molar-refractivity contribution >= 4 is 45.5 Å². The third-order valence-corrected chi connectivity index (χ3v) is 3.88. The molecule has 0 amide bonds. The van der Waals surface area contributed by atoms with E-state index < -0.39 is 0 Å². The molecule has 1 heterocycles. The van der Waals surface area contributed by atoms with Gasteiger partial charge < -0.3 is 5.32 Å². The molecule has 3 rings (SSSR count). The number of aryl methyl sites for hydroxylation is 1. The Labute approximate surface area is 127 Å². The number of halogens is 2. The number of aromatic nitrogens is 1. The highest BCUT2D eigenvalue weighted by atomic mass is 35.5. The minimum absolute atomic E-state index is 0.521. The van der Waals surface area contributed by atoms with Crippen molar-refractivity contribution in [2.75, 3.05) is 5.32 Å². The number of hydrogen-bond acceptors (Lipinski definition) is 2. The Morgan fingerprint density at radius 3 is 2.60 bits per heavy atom. The van der Waals surface area contributed by atoms with Crippen LogP contribution in [0.4, 0.5) is 11.4 Å². The zero-order valence-corrected chi connectivity index (χ0v) is 12.3. The van der Waals surface area contributed by atoms with Gasteiger partial charge in [0, 0.05) is 16.8 Å². The lowest BCUT2D eigenvalue weighted by Crippen LogP contribution is -1.95. The van der Waals surface area contributed by atoms with Crippen LogP contribution in [0.25, 0.3) is 10.9 Å². The molecule has 0 spiro atoms. The third kappa shape index (κ3) is 2.45. The van der Waals surface area contributed by atoms with Gasteiger partial charge in [-0.05, 0) is 31.2 Å². The van der Waals surface area contributed by atoms with Crippen molar-refractivity contribution in [1.29, 1.82) is 0 Å². The van der Waals surface area contributed by atoms with Crippen LogP contribution in [0, 0.1) is 6.92 Å². The first-order valence-corrected chi connectivity index (χ1v) is 6.98. The smallest absolute Gasteiger partial charge is 0.0827 e. The largest absolute Gasteiger partial charge is 0.354 e. The summed E-state index contributed by atoms with van der Waals surface area (Å²) in [7, 11) is 0. The normalized spacial score (nSPS) is 10.8. The Morgan fingerprint density at radius 1 is 0.950 bits per heavy atom. The van der Waals surface area contributed by atoms with Crippen molar-refractivity contribution in [1.82, 2.24) is 4.98 Å². The molecule has 0 fully saturated rings. The molecule has 0 atom stereocenters. The predicted molar refractivity (Wildman–Crippen MR) is 86.2 cm³/mol. The summed E-state index contributed by atoms with van der Waals surface area (Å²) in [6, 6.07) is 15.5. The van der Waals surface area contributed by atoms with E-state index in [0.29, 0.717) is 10.0 Å². The first-order chi connectivity index (χ1) is 9.65. The molecule has 2 nitrogen and oxygen atoms in total. The molecule has 0 bridgehead atoms. The van der Waals surface area contributed by atoms with Crippen LogP contribution in [0.5, 0.6) is 0 Å². The Bertz CT molecular complexity index is 785. The molecular formula is C16H12Cl2N2. The first-order valence-electron chi connectivity index (χ1n) is 6.22. The van der Waals surface area contributed by atoms with E-state index in [1.807, 2.05) is 49.4 Å². The lowest BCUT2D eigenvalue weighted by molar-refractivity contribution is 1.25. The number of hydrogen-bond donors (Lipinski definition) is 1. The quantitative estimate of drug-likeness (QED) is 0.667. The fraction of sp³-hybridized carbons (Fsp3) is 0.0625. The summed E-state index contributed by atoms with van der Waals surface area (Å²) in [5, 5.41) is 5.45. The summed E-state index contributed by atoms with van der Waals surface area (Å²) >= 11 is 12.3. The fourth-order valence-corrected chi connectivity index (χ4v) is 2.50. The fourth-order valence-electron chi connectivity index (χ4n) is 2.16. The number of para-hydroxylation sites is 1. The summed E-state index contributed by atoms with van der Waals surface area (Å²) < 4.78 is 0. The second-order valence-corrected chi connectivity index (χ2v) is 5.34. The second kappa shape index (κ2) is 5.31. The SMILES string of the molecule is Cc1cc(Nc2cccc(Cl)c2Cl)c2ccccc2n1. The van der Waals surface area contributed by atoms with Crippen LogP contribution in [0.1, 0.15) is 5.69 Å². The van der Waals surface area contributed by atoms with Crippen LogP contribution in [0.15, 0.2) is 48.5 Å². The number of rotatable bonds is 2. The molecule has 0 aliphatic rings. The van der Waals surface area contributed by atoms with E-state index in [0.717, 1.165) is 28.0 Å². The monoisotopic (exact) mass is 302 g/mol. The van der Waals surface area contributed by atoms with E-state index in [1.54, 1.807) is 6.07 Å². The number of anilines is 2. The van der Waals surface area contributed by atoms with Gasteiger partial charge in [-0.25, -0.2) is 0 Å². The second-order valence-electron chi connectivity index (χ2n) is 4.55. The molecule has 0 saturated heterocycles. The minimum atomic E-state index is 0.521. The third-order valence-electron chi connectivity index (χ3n) is 3.07. The first kappa shape index (κ1) is 13.2. The molecule has 2 aromatic carbocycles. The van der Waals surface area contributed by atoms with E-state index in [-0.39, 0.29) is 0 Å². The zero-order chi connectivity index (χ0) is 14.1. The minimum Gasteiger partial charge on any atom is -0.354 e. The highest BCUT2D eigenvalue weighted by molar-refractivity contribution is 6.43. The summed E-state index contributed by atoms with van der Waals surface area (Å²) in [5.74, 6) is 0. The predicted octanol–water partition coefficient (Wildman–Crippen LogP) is 5.59. The average molecular weight is 303 g/mol. The maximum absolute atomic E-state index is 6.22. The summed E-state index contributed by atoms with van der Waals surface area (Å²) in [5.41, 5.74) is 3.66. The molecule has 1 aromatic heterocycles. The van der Waals surface area contributed by atoms with E-state index in [2.05, 4.69) is 10.3 Å². The van der Waals surface area contributed by atoms with Crippen LogP contribution in [0.3, 0.4) is 0 Å². The van der Waals surface area contributed by atoms with Crippen molar-refractivity contribution in [3.63, 3.8) is 0 Å². The van der Waals surface area contributed by atoms with Crippen LogP contribution in [-0.4, -0.2) is 4.98 Å². The molecule has 1 N–H and O–H groups in total. The Hall–Kier alpha value is -1.77. The lowest BCUT2D eigenvalue weighted by atomic mass is 10.1. The highest BCUT2D eigenvalue weighted by Gasteiger charge is 2.08. The van der Waals surface area contributed by atoms with Gasteiger partial charge in [-0.1, -0.05) is 47.5 Å². The van der Waals surface area contributed by atoms with E-state index in [1.165, 1.54) is 0 Å². The van der Waals surface area contributed by atoms with Crippen LogP contribution < -0.4 is 5.32 Å². The molecule has 0 radical (unpaired) electrons. The van der Waals surface area contributed by atoms with Crippen molar-refractivity contribution in [3.8, 4) is 0 Å². The van der Waals surface area contributed by atoms with E-state index in [4.69, 9.17) is 23.2 Å². The Balaban J connectivity index is 2.13. The van der Waals surface area contributed by atoms with Gasteiger partial charge in [0.1, 0.15) is 0 Å². The van der Waals surface area contributed by atoms with Gasteiger partial charge in [0.15, 0.2) is 0 Å². The number of nitrogens with zero attached hydrogens (tertiary/aromatic N) is 1. The van der Waals surface area contributed by atoms with Crippen molar-refractivity contribution < 1.29 is 0 Å². The lowest BCUT2D eigenvalue weighted by Gasteiger charge is -2.12. The maximum atomic E-state index is 6.22. The van der Waals surface area contributed by atoms with Crippen LogP contribution in [-0.2, 0) is 0 Å². The Morgan fingerprint density at radius 2 is 1.75 bits per heavy atom. The van der Waals surface area contributed by atoms with Crippen LogP contribution >= 0.6 is 23.2 Å². The van der Waals surface area contributed by atoms with Gasteiger partial charge in [-0.3, -0.25) is 4.98 Å². The van der Waals surface area contributed by atoms with Gasteiger partial charge in [0.2, 0.25) is 0 Å². The van der Waals surface area contributed by atoms with Crippen molar-refractivity contribution in [2.24, 2.45) is 0 Å². The Kier molecular flexibility index (Phi) is 3.51.